The van der Waals surface area contributed by atoms with Crippen molar-refractivity contribution in [3.63, 3.8) is 0 Å². The average molecular weight is 230 g/mol. The number of benzene rings is 1. The number of nitrogens with zero attached hydrogens (tertiary/aromatic N) is 1. The number of para-hydroxylation sites is 1. The van der Waals surface area contributed by atoms with Gasteiger partial charge in [-0.15, -0.1) is 0 Å². The van der Waals surface area contributed by atoms with Crippen molar-refractivity contribution in [3.8, 4) is 0 Å². The van der Waals surface area contributed by atoms with Crippen molar-refractivity contribution in [1.82, 2.24) is 5.32 Å². The Morgan fingerprint density at radius 2 is 2.12 bits per heavy atom. The molecule has 1 aromatic carbocycles. The van der Waals surface area contributed by atoms with Crippen LogP contribution >= 0.6 is 0 Å². The molecule has 17 heavy (non-hydrogen) atoms. The molecule has 0 atom stereocenters. The summed E-state index contributed by atoms with van der Waals surface area (Å²) >= 11 is 0. The standard InChI is InChI=1S/C14H18N2O/c1-2-11-10-17-14-12(11)4-3-5-13(14)16-8-6-15-7-9-16/h3-5,10,15H,2,6-9H2,1H3. The molecule has 1 aliphatic rings. The SMILES string of the molecule is CCc1coc2c(N3CCNCC3)cccc12. The van der Waals surface area contributed by atoms with Gasteiger partial charge in [-0.1, -0.05) is 19.1 Å². The fraction of sp³-hybridized carbons (Fsp3) is 0.429. The number of hydrogen-bond donors (Lipinski definition) is 1. The van der Waals surface area contributed by atoms with Gasteiger partial charge >= 0.3 is 0 Å². The van der Waals surface area contributed by atoms with E-state index in [-0.39, 0.29) is 0 Å². The first kappa shape index (κ1) is 10.7. The first-order valence-corrected chi connectivity index (χ1v) is 6.35. The molecule has 2 aromatic rings. The molecule has 3 rings (SSSR count). The molecule has 90 valence electrons. The zero-order chi connectivity index (χ0) is 11.7. The number of fused-ring (bicyclic) bond motifs is 1. The van der Waals surface area contributed by atoms with Crippen LogP contribution in [0.4, 0.5) is 5.69 Å². The van der Waals surface area contributed by atoms with Gasteiger partial charge in [-0.2, -0.15) is 0 Å². The maximum Gasteiger partial charge on any atom is 0.157 e. The quantitative estimate of drug-likeness (QED) is 0.858. The van der Waals surface area contributed by atoms with Gasteiger partial charge in [0.25, 0.3) is 0 Å². The van der Waals surface area contributed by atoms with E-state index in [0.29, 0.717) is 0 Å². The summed E-state index contributed by atoms with van der Waals surface area (Å²) in [5.41, 5.74) is 3.59. The van der Waals surface area contributed by atoms with Gasteiger partial charge in [0.15, 0.2) is 5.58 Å². The normalized spacial score (nSPS) is 16.6. The van der Waals surface area contributed by atoms with Crippen molar-refractivity contribution < 1.29 is 4.42 Å². The van der Waals surface area contributed by atoms with Crippen LogP contribution in [0.2, 0.25) is 0 Å². The molecular formula is C14H18N2O. The maximum absolute atomic E-state index is 5.76. The van der Waals surface area contributed by atoms with E-state index in [2.05, 4.69) is 35.3 Å². The summed E-state index contributed by atoms with van der Waals surface area (Å²) in [6.45, 7) is 6.39. The fourth-order valence-corrected chi connectivity index (χ4v) is 2.52. The molecule has 0 saturated carbocycles. The molecule has 1 N–H and O–H groups in total. The summed E-state index contributed by atoms with van der Waals surface area (Å²) in [4.78, 5) is 2.40. The first-order chi connectivity index (χ1) is 8.40. The van der Waals surface area contributed by atoms with Crippen molar-refractivity contribution in [2.24, 2.45) is 0 Å². The molecule has 0 bridgehead atoms. The van der Waals surface area contributed by atoms with Crippen molar-refractivity contribution in [3.05, 3.63) is 30.0 Å². The molecule has 1 aromatic heterocycles. The lowest BCUT2D eigenvalue weighted by Gasteiger charge is -2.29. The van der Waals surface area contributed by atoms with Crippen LogP contribution in [-0.4, -0.2) is 26.2 Å². The first-order valence-electron chi connectivity index (χ1n) is 6.35. The molecule has 0 unspecified atom stereocenters. The summed E-state index contributed by atoms with van der Waals surface area (Å²) in [5, 5.41) is 4.64. The van der Waals surface area contributed by atoms with Crippen molar-refractivity contribution in [2.75, 3.05) is 31.1 Å². The van der Waals surface area contributed by atoms with E-state index in [9.17, 15) is 0 Å². The number of rotatable bonds is 2. The molecule has 0 amide bonds. The predicted molar refractivity (Wildman–Crippen MR) is 70.7 cm³/mol. The van der Waals surface area contributed by atoms with Gasteiger partial charge in [-0.05, 0) is 18.1 Å². The molecule has 0 radical (unpaired) electrons. The second-order valence-corrected chi connectivity index (χ2v) is 4.51. The van der Waals surface area contributed by atoms with E-state index in [1.807, 2.05) is 6.26 Å². The van der Waals surface area contributed by atoms with E-state index in [0.717, 1.165) is 38.2 Å². The summed E-state index contributed by atoms with van der Waals surface area (Å²) in [6.07, 6.45) is 2.92. The molecule has 1 aliphatic heterocycles. The van der Waals surface area contributed by atoms with Gasteiger partial charge in [0.2, 0.25) is 0 Å². The highest BCUT2D eigenvalue weighted by atomic mass is 16.3. The summed E-state index contributed by atoms with van der Waals surface area (Å²) < 4.78 is 5.76. The Morgan fingerprint density at radius 1 is 1.29 bits per heavy atom. The number of hydrogen-bond acceptors (Lipinski definition) is 3. The smallest absolute Gasteiger partial charge is 0.157 e. The lowest BCUT2D eigenvalue weighted by Crippen LogP contribution is -2.43. The number of aryl methyl sites for hydroxylation is 1. The molecule has 0 aliphatic carbocycles. The van der Waals surface area contributed by atoms with Crippen LogP contribution in [0.15, 0.2) is 28.9 Å². The molecule has 1 fully saturated rings. The topological polar surface area (TPSA) is 28.4 Å². The molecule has 3 heteroatoms. The Balaban J connectivity index is 2.06. The van der Waals surface area contributed by atoms with Gasteiger partial charge in [0, 0.05) is 31.6 Å². The maximum atomic E-state index is 5.76. The van der Waals surface area contributed by atoms with Gasteiger partial charge in [0.05, 0.1) is 12.0 Å². The molecule has 1 saturated heterocycles. The fourth-order valence-electron chi connectivity index (χ4n) is 2.52. The summed E-state index contributed by atoms with van der Waals surface area (Å²) in [6, 6.07) is 6.45. The van der Waals surface area contributed by atoms with Gasteiger partial charge < -0.3 is 14.6 Å². The van der Waals surface area contributed by atoms with Crippen LogP contribution in [0.5, 0.6) is 0 Å². The Hall–Kier alpha value is -1.48. The van der Waals surface area contributed by atoms with Crippen molar-refractivity contribution >= 4 is 16.7 Å². The number of anilines is 1. The minimum absolute atomic E-state index is 1.03. The third-order valence-corrected chi connectivity index (χ3v) is 3.50. The van der Waals surface area contributed by atoms with Crippen LogP contribution in [0, 0.1) is 0 Å². The van der Waals surface area contributed by atoms with E-state index in [1.54, 1.807) is 0 Å². The lowest BCUT2D eigenvalue weighted by molar-refractivity contribution is 0.578. The monoisotopic (exact) mass is 230 g/mol. The van der Waals surface area contributed by atoms with Crippen LogP contribution in [-0.2, 0) is 6.42 Å². The van der Waals surface area contributed by atoms with E-state index in [1.165, 1.54) is 16.6 Å². The third kappa shape index (κ3) is 1.80. The minimum atomic E-state index is 1.03. The highest BCUT2D eigenvalue weighted by Crippen LogP contribution is 2.30. The van der Waals surface area contributed by atoms with E-state index < -0.39 is 0 Å². The van der Waals surface area contributed by atoms with Gasteiger partial charge in [-0.3, -0.25) is 0 Å². The zero-order valence-electron chi connectivity index (χ0n) is 10.2. The second-order valence-electron chi connectivity index (χ2n) is 4.51. The van der Waals surface area contributed by atoms with Crippen LogP contribution in [0.1, 0.15) is 12.5 Å². The molecular weight excluding hydrogens is 212 g/mol. The number of nitrogens with one attached hydrogen (secondary N) is 1. The number of furan rings is 1. The van der Waals surface area contributed by atoms with E-state index in [4.69, 9.17) is 4.42 Å². The largest absolute Gasteiger partial charge is 0.462 e. The van der Waals surface area contributed by atoms with Crippen molar-refractivity contribution in [2.45, 2.75) is 13.3 Å². The van der Waals surface area contributed by atoms with Crippen LogP contribution < -0.4 is 10.2 Å². The lowest BCUT2D eigenvalue weighted by atomic mass is 10.1. The van der Waals surface area contributed by atoms with Crippen LogP contribution in [0.25, 0.3) is 11.0 Å². The summed E-state index contributed by atoms with van der Waals surface area (Å²) in [5.74, 6) is 0. The predicted octanol–water partition coefficient (Wildman–Crippen LogP) is 2.40. The second kappa shape index (κ2) is 4.41. The summed E-state index contributed by atoms with van der Waals surface area (Å²) in [7, 11) is 0. The van der Waals surface area contributed by atoms with Crippen LogP contribution in [0.3, 0.4) is 0 Å². The average Bonchev–Trinajstić information content (AvgIpc) is 2.82. The van der Waals surface area contributed by atoms with Crippen molar-refractivity contribution in [1.29, 1.82) is 0 Å². The third-order valence-electron chi connectivity index (χ3n) is 3.50. The Bertz CT molecular complexity index is 512. The number of piperazine rings is 1. The Labute approximate surface area is 101 Å². The Morgan fingerprint density at radius 3 is 2.88 bits per heavy atom. The van der Waals surface area contributed by atoms with Gasteiger partial charge in [-0.25, -0.2) is 0 Å². The Kier molecular flexibility index (Phi) is 2.77. The molecule has 3 nitrogen and oxygen atoms in total. The highest BCUT2D eigenvalue weighted by Gasteiger charge is 2.16. The molecule has 0 spiro atoms. The van der Waals surface area contributed by atoms with E-state index >= 15 is 0 Å². The highest BCUT2D eigenvalue weighted by molar-refractivity contribution is 5.92. The van der Waals surface area contributed by atoms with Gasteiger partial charge in [0.1, 0.15) is 0 Å². The zero-order valence-corrected chi connectivity index (χ0v) is 10.2. The molecule has 2 heterocycles. The minimum Gasteiger partial charge on any atom is -0.462 e.